The predicted molar refractivity (Wildman–Crippen MR) is 138 cm³/mol. The van der Waals surface area contributed by atoms with Crippen molar-refractivity contribution in [1.82, 2.24) is 14.5 Å². The Kier molecular flexibility index (Phi) is 6.48. The summed E-state index contributed by atoms with van der Waals surface area (Å²) in [5, 5.41) is 13.7. The molecule has 8 heteroatoms. The monoisotopic (exact) mass is 501 g/mol. The lowest BCUT2D eigenvalue weighted by molar-refractivity contribution is -0.139. The molecule has 5 rings (SSSR count). The number of amides is 1. The van der Waals surface area contributed by atoms with Crippen LogP contribution in [-0.4, -0.2) is 44.9 Å². The second kappa shape index (κ2) is 9.87. The highest BCUT2D eigenvalue weighted by molar-refractivity contribution is 6.46. The van der Waals surface area contributed by atoms with Crippen LogP contribution in [0.3, 0.4) is 0 Å². The van der Waals surface area contributed by atoms with Gasteiger partial charge in [0.2, 0.25) is 0 Å². The second-order valence-electron chi connectivity index (χ2n) is 8.63. The number of ether oxygens (including phenoxy) is 1. The highest BCUT2D eigenvalue weighted by atomic mass is 35.5. The van der Waals surface area contributed by atoms with E-state index in [1.165, 1.54) is 4.90 Å². The number of carbonyl (C=O) groups is 2. The molecule has 0 aliphatic carbocycles. The van der Waals surface area contributed by atoms with E-state index in [0.29, 0.717) is 35.7 Å². The Morgan fingerprint density at radius 1 is 1.03 bits per heavy atom. The summed E-state index contributed by atoms with van der Waals surface area (Å²) < 4.78 is 7.20. The van der Waals surface area contributed by atoms with Gasteiger partial charge in [-0.15, -0.1) is 0 Å². The summed E-state index contributed by atoms with van der Waals surface area (Å²) in [6.45, 7) is 0.981. The molecule has 182 valence electrons. The normalized spacial score (nSPS) is 17.2. The molecule has 1 unspecified atom stereocenters. The van der Waals surface area contributed by atoms with Crippen molar-refractivity contribution in [2.24, 2.45) is 0 Å². The molecule has 1 aliphatic rings. The number of hydrogen-bond acceptors (Lipinski definition) is 5. The summed E-state index contributed by atoms with van der Waals surface area (Å²) in [4.78, 5) is 32.0. The number of fused-ring (bicyclic) bond motifs is 1. The number of imidazole rings is 1. The lowest BCUT2D eigenvalue weighted by atomic mass is 9.94. The molecule has 2 heterocycles. The molecule has 0 saturated carbocycles. The van der Waals surface area contributed by atoms with Gasteiger partial charge in [0, 0.05) is 36.1 Å². The maximum Gasteiger partial charge on any atom is 0.295 e. The number of hydrogen-bond donors (Lipinski definition) is 1. The van der Waals surface area contributed by atoms with Crippen molar-refractivity contribution in [3.8, 4) is 5.75 Å². The molecule has 36 heavy (non-hydrogen) atoms. The maximum atomic E-state index is 13.3. The molecule has 4 aromatic rings. The molecule has 1 atom stereocenters. The van der Waals surface area contributed by atoms with Gasteiger partial charge in [0.15, 0.2) is 0 Å². The fourth-order valence-corrected chi connectivity index (χ4v) is 4.72. The van der Waals surface area contributed by atoms with Crippen molar-refractivity contribution < 1.29 is 19.4 Å². The molecule has 0 radical (unpaired) electrons. The molecule has 3 aromatic carbocycles. The van der Waals surface area contributed by atoms with Gasteiger partial charge in [-0.2, -0.15) is 0 Å². The first-order chi connectivity index (χ1) is 17.5. The Bertz CT molecular complexity index is 1460. The van der Waals surface area contributed by atoms with E-state index in [4.69, 9.17) is 16.3 Å². The van der Waals surface area contributed by atoms with E-state index >= 15 is 0 Å². The van der Waals surface area contributed by atoms with Gasteiger partial charge >= 0.3 is 0 Å². The van der Waals surface area contributed by atoms with Crippen molar-refractivity contribution in [2.45, 2.75) is 19.0 Å². The van der Waals surface area contributed by atoms with E-state index in [1.54, 1.807) is 56.0 Å². The fourth-order valence-electron chi connectivity index (χ4n) is 4.60. The number of aliphatic hydroxyl groups excluding tert-OH is 1. The van der Waals surface area contributed by atoms with Gasteiger partial charge in [-0.1, -0.05) is 41.9 Å². The standard InChI is InChI=1S/C28H24ClN3O4/c1-36-23-10-7-19-15-21(4-3-20(19)16-23)26(33)24-25(18-5-8-22(29)9-6-18)32(28(35)27(24)34)13-2-12-31-14-11-30-17-31/h3-11,14-17,25,33H,2,12-13H2,1H3/b26-24+. The van der Waals surface area contributed by atoms with Crippen LogP contribution in [-0.2, 0) is 16.1 Å². The molecular weight excluding hydrogens is 478 g/mol. The number of aromatic nitrogens is 2. The van der Waals surface area contributed by atoms with Gasteiger partial charge in [0.05, 0.1) is 25.1 Å². The molecule has 7 nitrogen and oxygen atoms in total. The number of likely N-dealkylation sites (tertiary alicyclic amines) is 1. The van der Waals surface area contributed by atoms with E-state index in [2.05, 4.69) is 4.98 Å². The van der Waals surface area contributed by atoms with Crippen LogP contribution in [0.4, 0.5) is 0 Å². The van der Waals surface area contributed by atoms with Crippen molar-refractivity contribution in [3.05, 3.63) is 101 Å². The van der Waals surface area contributed by atoms with Gasteiger partial charge in [0.1, 0.15) is 11.5 Å². The van der Waals surface area contributed by atoms with Crippen LogP contribution in [0.5, 0.6) is 5.75 Å². The van der Waals surface area contributed by atoms with Crippen LogP contribution in [0.1, 0.15) is 23.6 Å². The number of methoxy groups -OCH3 is 1. The van der Waals surface area contributed by atoms with Gasteiger partial charge in [-0.25, -0.2) is 4.98 Å². The van der Waals surface area contributed by atoms with Gasteiger partial charge in [0.25, 0.3) is 11.7 Å². The molecule has 1 N–H and O–H groups in total. The first-order valence-corrected chi connectivity index (χ1v) is 11.9. The lowest BCUT2D eigenvalue weighted by Gasteiger charge is -2.25. The topological polar surface area (TPSA) is 84.7 Å². The quantitative estimate of drug-likeness (QED) is 0.213. The van der Waals surface area contributed by atoms with Crippen LogP contribution in [0.25, 0.3) is 16.5 Å². The maximum absolute atomic E-state index is 13.3. The van der Waals surface area contributed by atoms with E-state index in [0.717, 1.165) is 16.5 Å². The Balaban J connectivity index is 1.55. The number of Topliss-reactive ketones (excluding diaryl/α,β-unsaturated/α-hetero) is 1. The first-order valence-electron chi connectivity index (χ1n) is 11.5. The Morgan fingerprint density at radius 2 is 1.78 bits per heavy atom. The molecule has 1 fully saturated rings. The zero-order chi connectivity index (χ0) is 25.2. The average molecular weight is 502 g/mol. The van der Waals surface area contributed by atoms with Crippen LogP contribution in [0.2, 0.25) is 5.02 Å². The number of aryl methyl sites for hydroxylation is 1. The SMILES string of the molecule is COc1ccc2cc(/C(O)=C3\C(=O)C(=O)N(CCCn4ccnc4)C3c3ccc(Cl)cc3)ccc2c1. The minimum absolute atomic E-state index is 0.0674. The fraction of sp³-hybridized carbons (Fsp3) is 0.179. The van der Waals surface area contributed by atoms with Gasteiger partial charge < -0.3 is 19.3 Å². The van der Waals surface area contributed by atoms with E-state index in [9.17, 15) is 14.7 Å². The third-order valence-electron chi connectivity index (χ3n) is 6.42. The van der Waals surface area contributed by atoms with Crippen molar-refractivity contribution in [1.29, 1.82) is 0 Å². The van der Waals surface area contributed by atoms with Crippen molar-refractivity contribution in [3.63, 3.8) is 0 Å². The highest BCUT2D eigenvalue weighted by Crippen LogP contribution is 2.40. The Morgan fingerprint density at radius 3 is 2.50 bits per heavy atom. The summed E-state index contributed by atoms with van der Waals surface area (Å²) in [5.41, 5.74) is 1.23. The highest BCUT2D eigenvalue weighted by Gasteiger charge is 2.45. The predicted octanol–water partition coefficient (Wildman–Crippen LogP) is 5.21. The minimum atomic E-state index is -0.725. The third-order valence-corrected chi connectivity index (χ3v) is 6.67. The largest absolute Gasteiger partial charge is 0.507 e. The van der Waals surface area contributed by atoms with Crippen molar-refractivity contribution >= 4 is 39.8 Å². The Labute approximate surface area is 213 Å². The molecule has 1 aliphatic heterocycles. The smallest absolute Gasteiger partial charge is 0.295 e. The van der Waals surface area contributed by atoms with Crippen LogP contribution >= 0.6 is 11.6 Å². The molecule has 1 amide bonds. The van der Waals surface area contributed by atoms with Crippen LogP contribution in [0, 0.1) is 0 Å². The summed E-state index contributed by atoms with van der Waals surface area (Å²) in [5.74, 6) is -0.816. The molecule has 0 spiro atoms. The lowest BCUT2D eigenvalue weighted by Crippen LogP contribution is -2.31. The number of nitrogens with zero attached hydrogens (tertiary/aromatic N) is 3. The first kappa shape index (κ1) is 23.6. The number of benzene rings is 3. The summed E-state index contributed by atoms with van der Waals surface area (Å²) in [6.07, 6.45) is 5.87. The molecule has 1 saturated heterocycles. The number of carbonyl (C=O) groups excluding carboxylic acids is 2. The number of rotatable bonds is 7. The second-order valence-corrected chi connectivity index (χ2v) is 9.06. The number of aliphatic hydroxyl groups is 1. The number of ketones is 1. The van der Waals surface area contributed by atoms with E-state index in [-0.39, 0.29) is 11.3 Å². The zero-order valence-corrected chi connectivity index (χ0v) is 20.4. The van der Waals surface area contributed by atoms with Crippen LogP contribution in [0.15, 0.2) is 85.0 Å². The van der Waals surface area contributed by atoms with Gasteiger partial charge in [-0.3, -0.25) is 9.59 Å². The molecular formula is C28H24ClN3O4. The number of halogens is 1. The molecule has 1 aromatic heterocycles. The van der Waals surface area contributed by atoms with E-state index < -0.39 is 17.7 Å². The Hall–Kier alpha value is -4.10. The van der Waals surface area contributed by atoms with Gasteiger partial charge in [-0.05, 0) is 53.1 Å². The van der Waals surface area contributed by atoms with Crippen LogP contribution < -0.4 is 4.74 Å². The summed E-state index contributed by atoms with van der Waals surface area (Å²) >= 11 is 6.10. The molecule has 0 bridgehead atoms. The summed E-state index contributed by atoms with van der Waals surface area (Å²) in [6, 6.07) is 17.3. The average Bonchev–Trinajstić information content (AvgIpc) is 3.50. The third kappa shape index (κ3) is 4.45. The zero-order valence-electron chi connectivity index (χ0n) is 19.6. The summed E-state index contributed by atoms with van der Waals surface area (Å²) in [7, 11) is 1.60. The van der Waals surface area contributed by atoms with E-state index in [1.807, 2.05) is 35.0 Å². The van der Waals surface area contributed by atoms with Crippen molar-refractivity contribution in [2.75, 3.05) is 13.7 Å². The minimum Gasteiger partial charge on any atom is -0.507 e.